The van der Waals surface area contributed by atoms with E-state index in [1.807, 2.05) is 18.2 Å². The summed E-state index contributed by atoms with van der Waals surface area (Å²) in [7, 11) is 9.46. The van der Waals surface area contributed by atoms with Crippen LogP contribution >= 0.6 is 0 Å². The van der Waals surface area contributed by atoms with Gasteiger partial charge in [0.15, 0.2) is 40.3 Å². The lowest BCUT2D eigenvalue weighted by atomic mass is 10.2. The molecule has 0 aliphatic carbocycles. The molecule has 3 aromatic carbocycles. The van der Waals surface area contributed by atoms with Gasteiger partial charge in [-0.1, -0.05) is 0 Å². The molecule has 0 aliphatic rings. The molecule has 0 spiro atoms. The van der Waals surface area contributed by atoms with Gasteiger partial charge in [-0.3, -0.25) is 0 Å². The molecule has 0 amide bonds. The Kier molecular flexibility index (Phi) is 8.17. The largest absolute Gasteiger partial charge is 0.493 e. The van der Waals surface area contributed by atoms with E-state index in [1.165, 1.54) is 0 Å². The highest BCUT2D eigenvalue weighted by atomic mass is 16.5. The smallest absolute Gasteiger partial charge is 0.232 e. The van der Waals surface area contributed by atoms with E-state index in [0.717, 1.165) is 0 Å². The number of nitrogens with zero attached hydrogens (tertiary/aromatic N) is 3. The van der Waals surface area contributed by atoms with Crippen molar-refractivity contribution < 1.29 is 28.4 Å². The van der Waals surface area contributed by atoms with Crippen LogP contribution in [0.25, 0.3) is 11.4 Å². The maximum Gasteiger partial charge on any atom is 0.232 e. The number of aromatic nitrogens is 3. The molecule has 0 saturated carbocycles. The molecule has 1 aromatic heterocycles. The molecule has 0 radical (unpaired) electrons. The maximum atomic E-state index is 5.47. The summed E-state index contributed by atoms with van der Waals surface area (Å²) in [6.45, 7) is 0. The molecule has 2 N–H and O–H groups in total. The fraction of sp³-hybridized carbons (Fsp3) is 0.222. The minimum absolute atomic E-state index is 0.306. The quantitative estimate of drug-likeness (QED) is 0.276. The normalized spacial score (nSPS) is 10.4. The molecule has 0 bridgehead atoms. The van der Waals surface area contributed by atoms with Crippen LogP contribution < -0.4 is 39.1 Å². The van der Waals surface area contributed by atoms with Gasteiger partial charge < -0.3 is 39.1 Å². The first kappa shape index (κ1) is 26.1. The monoisotopic (exact) mass is 519 g/mol. The van der Waals surface area contributed by atoms with Gasteiger partial charge in [-0.25, -0.2) is 0 Å². The van der Waals surface area contributed by atoms with Gasteiger partial charge in [0, 0.05) is 29.1 Å². The fourth-order valence-electron chi connectivity index (χ4n) is 3.68. The van der Waals surface area contributed by atoms with Crippen LogP contribution in [0.3, 0.4) is 0 Å². The number of methoxy groups -OCH3 is 6. The Balaban J connectivity index is 1.76. The summed E-state index contributed by atoms with van der Waals surface area (Å²) in [5.41, 5.74) is 2.10. The molecule has 0 atom stereocenters. The number of hydrogen-bond acceptors (Lipinski definition) is 11. The van der Waals surface area contributed by atoms with Crippen molar-refractivity contribution in [3.63, 3.8) is 0 Å². The fourth-order valence-corrected chi connectivity index (χ4v) is 3.68. The minimum Gasteiger partial charge on any atom is -0.493 e. The van der Waals surface area contributed by atoms with Gasteiger partial charge in [0.25, 0.3) is 0 Å². The molecule has 38 heavy (non-hydrogen) atoms. The van der Waals surface area contributed by atoms with Gasteiger partial charge in [-0.15, -0.1) is 0 Å². The summed E-state index contributed by atoms with van der Waals surface area (Å²) in [5, 5.41) is 6.44. The van der Waals surface area contributed by atoms with Crippen molar-refractivity contribution in [1.82, 2.24) is 15.0 Å². The van der Waals surface area contributed by atoms with Gasteiger partial charge in [0.2, 0.25) is 11.9 Å². The van der Waals surface area contributed by atoms with Crippen LogP contribution in [-0.2, 0) is 0 Å². The second-order valence-corrected chi connectivity index (χ2v) is 7.77. The van der Waals surface area contributed by atoms with Crippen LogP contribution in [0.1, 0.15) is 0 Å². The summed E-state index contributed by atoms with van der Waals surface area (Å²) in [6, 6.07) is 16.3. The molecule has 11 nitrogen and oxygen atoms in total. The van der Waals surface area contributed by atoms with Crippen molar-refractivity contribution in [2.75, 3.05) is 53.3 Å². The van der Waals surface area contributed by atoms with Crippen LogP contribution in [-0.4, -0.2) is 57.6 Å². The molecular weight excluding hydrogens is 490 g/mol. The topological polar surface area (TPSA) is 118 Å². The number of ether oxygens (including phenoxy) is 6. The van der Waals surface area contributed by atoms with E-state index in [0.29, 0.717) is 69.2 Å². The molecule has 0 aliphatic heterocycles. The number of nitrogens with one attached hydrogen (secondary N) is 2. The summed E-state index contributed by atoms with van der Waals surface area (Å²) in [5.74, 6) is 4.51. The number of hydrogen-bond donors (Lipinski definition) is 2. The molecule has 0 saturated heterocycles. The van der Waals surface area contributed by atoms with Crippen molar-refractivity contribution >= 4 is 23.3 Å². The molecule has 4 rings (SSSR count). The molecule has 4 aromatic rings. The summed E-state index contributed by atoms with van der Waals surface area (Å²) in [4.78, 5) is 13.9. The zero-order valence-corrected chi connectivity index (χ0v) is 22.0. The standard InChI is InChI=1S/C27H29N5O6/c1-33-19-10-7-16(13-22(19)36-4)25-30-26(28-17-8-11-20(34-2)23(14-17)37-5)32-27(31-25)29-18-9-12-21(35-3)24(15-18)38-6/h7-15H,1-6H3,(H2,28,29,30,31,32). The summed E-state index contributed by atoms with van der Waals surface area (Å²) >= 11 is 0. The van der Waals surface area contributed by atoms with Gasteiger partial charge in [0.1, 0.15) is 0 Å². The second kappa shape index (κ2) is 11.9. The lowest BCUT2D eigenvalue weighted by molar-refractivity contribution is 0.355. The molecule has 11 heteroatoms. The van der Waals surface area contributed by atoms with Crippen LogP contribution in [0.4, 0.5) is 23.3 Å². The van der Waals surface area contributed by atoms with Gasteiger partial charge in [-0.05, 0) is 42.5 Å². The molecule has 0 fully saturated rings. The minimum atomic E-state index is 0.306. The van der Waals surface area contributed by atoms with E-state index in [9.17, 15) is 0 Å². The van der Waals surface area contributed by atoms with E-state index in [-0.39, 0.29) is 0 Å². The Morgan fingerprint density at radius 3 is 1.26 bits per heavy atom. The van der Waals surface area contributed by atoms with Crippen LogP contribution in [0.15, 0.2) is 54.6 Å². The third-order valence-electron chi connectivity index (χ3n) is 5.56. The van der Waals surface area contributed by atoms with Crippen molar-refractivity contribution in [2.45, 2.75) is 0 Å². The van der Waals surface area contributed by atoms with Gasteiger partial charge >= 0.3 is 0 Å². The van der Waals surface area contributed by atoms with E-state index in [1.54, 1.807) is 79.1 Å². The van der Waals surface area contributed by atoms with Gasteiger partial charge in [0.05, 0.1) is 42.7 Å². The third kappa shape index (κ3) is 5.72. The number of rotatable bonds is 11. The van der Waals surface area contributed by atoms with E-state index in [4.69, 9.17) is 28.4 Å². The third-order valence-corrected chi connectivity index (χ3v) is 5.56. The van der Waals surface area contributed by atoms with Crippen molar-refractivity contribution in [3.8, 4) is 45.9 Å². The first-order valence-electron chi connectivity index (χ1n) is 11.5. The highest BCUT2D eigenvalue weighted by Gasteiger charge is 2.14. The lowest BCUT2D eigenvalue weighted by Crippen LogP contribution is -2.06. The Bertz CT molecular complexity index is 1340. The number of anilines is 4. The Labute approximate surface area is 220 Å². The van der Waals surface area contributed by atoms with Crippen LogP contribution in [0.2, 0.25) is 0 Å². The summed E-state index contributed by atoms with van der Waals surface area (Å²) < 4.78 is 32.3. The predicted molar refractivity (Wildman–Crippen MR) is 144 cm³/mol. The second-order valence-electron chi connectivity index (χ2n) is 7.77. The van der Waals surface area contributed by atoms with Crippen molar-refractivity contribution in [1.29, 1.82) is 0 Å². The maximum absolute atomic E-state index is 5.47. The van der Waals surface area contributed by atoms with E-state index in [2.05, 4.69) is 25.6 Å². The van der Waals surface area contributed by atoms with Crippen molar-refractivity contribution in [2.24, 2.45) is 0 Å². The first-order chi connectivity index (χ1) is 18.5. The Hall–Kier alpha value is -4.93. The van der Waals surface area contributed by atoms with E-state index >= 15 is 0 Å². The average molecular weight is 520 g/mol. The van der Waals surface area contributed by atoms with Gasteiger partial charge in [-0.2, -0.15) is 15.0 Å². The lowest BCUT2D eigenvalue weighted by Gasteiger charge is -2.14. The van der Waals surface area contributed by atoms with Crippen LogP contribution in [0, 0.1) is 0 Å². The summed E-state index contributed by atoms with van der Waals surface area (Å²) in [6.07, 6.45) is 0. The SMILES string of the molecule is COc1ccc(Nc2nc(Nc3ccc(OC)c(OC)c3)nc(-c3ccc(OC)c(OC)c3)n2)cc1OC. The highest BCUT2D eigenvalue weighted by Crippen LogP contribution is 2.34. The highest BCUT2D eigenvalue weighted by molar-refractivity contribution is 5.67. The van der Waals surface area contributed by atoms with E-state index < -0.39 is 0 Å². The molecule has 0 unspecified atom stereocenters. The number of benzene rings is 3. The molecular formula is C27H29N5O6. The Morgan fingerprint density at radius 2 is 0.842 bits per heavy atom. The first-order valence-corrected chi connectivity index (χ1v) is 11.5. The zero-order valence-electron chi connectivity index (χ0n) is 22.0. The zero-order chi connectivity index (χ0) is 27.1. The average Bonchev–Trinajstić information content (AvgIpc) is 2.96. The Morgan fingerprint density at radius 1 is 0.447 bits per heavy atom. The van der Waals surface area contributed by atoms with Crippen LogP contribution in [0.5, 0.6) is 34.5 Å². The van der Waals surface area contributed by atoms with Crippen molar-refractivity contribution in [3.05, 3.63) is 54.6 Å². The molecule has 1 heterocycles. The predicted octanol–water partition coefficient (Wildman–Crippen LogP) is 5.08. The molecule has 198 valence electrons.